The average Bonchev–Trinajstić information content (AvgIpc) is 3.27. The molecule has 3 rings (SSSR count). The van der Waals surface area contributed by atoms with Crippen molar-refractivity contribution in [3.63, 3.8) is 0 Å². The van der Waals surface area contributed by atoms with Crippen LogP contribution in [0.5, 0.6) is 0 Å². The van der Waals surface area contributed by atoms with Crippen molar-refractivity contribution >= 4 is 23.5 Å². The minimum atomic E-state index is -0.853. The van der Waals surface area contributed by atoms with Crippen LogP contribution in [0.25, 0.3) is 5.57 Å². The van der Waals surface area contributed by atoms with Gasteiger partial charge in [-0.15, -0.1) is 0 Å². The summed E-state index contributed by atoms with van der Waals surface area (Å²) in [5.74, 6) is 0.208. The second-order valence-electron chi connectivity index (χ2n) is 8.28. The van der Waals surface area contributed by atoms with E-state index in [-0.39, 0.29) is 23.4 Å². The molecule has 0 aliphatic carbocycles. The first-order chi connectivity index (χ1) is 15.6. The fraction of sp³-hybridized carbons (Fsp3) is 0.417. The third-order valence-corrected chi connectivity index (χ3v) is 5.25. The molecule has 1 unspecified atom stereocenters. The molecule has 1 amide bonds. The Morgan fingerprint density at radius 3 is 2.27 bits per heavy atom. The second-order valence-corrected chi connectivity index (χ2v) is 8.28. The quantitative estimate of drug-likeness (QED) is 0.456. The van der Waals surface area contributed by atoms with E-state index in [1.165, 1.54) is 25.3 Å². The van der Waals surface area contributed by atoms with E-state index >= 15 is 0 Å². The monoisotopic (exact) mass is 457 g/mol. The number of allylic oxidation sites excluding steroid dienone is 2. The highest BCUT2D eigenvalue weighted by atomic mass is 19.1. The first-order valence-corrected chi connectivity index (χ1v) is 10.8. The van der Waals surface area contributed by atoms with Crippen LogP contribution < -0.4 is 0 Å². The van der Waals surface area contributed by atoms with Gasteiger partial charge < -0.3 is 25.3 Å². The minimum absolute atomic E-state index is 0.122. The van der Waals surface area contributed by atoms with Gasteiger partial charge >= 0.3 is 0 Å². The summed E-state index contributed by atoms with van der Waals surface area (Å²) in [5.41, 5.74) is 2.10. The van der Waals surface area contributed by atoms with E-state index in [2.05, 4.69) is 14.9 Å². The van der Waals surface area contributed by atoms with Crippen LogP contribution in [0.1, 0.15) is 42.6 Å². The molecule has 0 saturated carbocycles. The number of aldehydes is 1. The van der Waals surface area contributed by atoms with Crippen LogP contribution in [-0.2, 0) is 4.79 Å². The Labute approximate surface area is 193 Å². The maximum atomic E-state index is 12.9. The van der Waals surface area contributed by atoms with Gasteiger partial charge in [0.15, 0.2) is 6.29 Å². The van der Waals surface area contributed by atoms with Gasteiger partial charge in [0.05, 0.1) is 17.6 Å². The van der Waals surface area contributed by atoms with Crippen molar-refractivity contribution in [1.82, 2.24) is 19.8 Å². The number of benzene rings is 1. The summed E-state index contributed by atoms with van der Waals surface area (Å²) in [7, 11) is 2.03. The standard InChI is InChI=1S/C16H16FN3O.C8H16N2O2/c1-10(2)14(16-19-8-13(9-21)20-16)7-15(18)11-3-5-12(17)6-4-11;1-7(11)8(12)10-5-3-9(2)4-6-10/h3-10,18H,1-2H3,(H,19,20);7,11H,3-6H2,1-2H3/b14-7-,18-15?;. The van der Waals surface area contributed by atoms with Crippen LogP contribution >= 0.6 is 0 Å². The zero-order valence-electron chi connectivity index (χ0n) is 19.5. The Bertz CT molecular complexity index is 974. The second kappa shape index (κ2) is 12.2. The summed E-state index contributed by atoms with van der Waals surface area (Å²) in [6.45, 7) is 8.75. The Morgan fingerprint density at radius 1 is 1.18 bits per heavy atom. The lowest BCUT2D eigenvalue weighted by molar-refractivity contribution is -0.140. The number of halogens is 1. The highest BCUT2D eigenvalue weighted by Gasteiger charge is 2.21. The fourth-order valence-corrected chi connectivity index (χ4v) is 3.21. The van der Waals surface area contributed by atoms with Crippen molar-refractivity contribution < 1.29 is 19.1 Å². The Kier molecular flexibility index (Phi) is 9.62. The molecular formula is C24H32FN5O3. The van der Waals surface area contributed by atoms with Gasteiger partial charge in [-0.2, -0.15) is 0 Å². The summed E-state index contributed by atoms with van der Waals surface area (Å²) in [6, 6.07) is 5.77. The Hall–Kier alpha value is -3.17. The zero-order chi connectivity index (χ0) is 24.5. The predicted octanol–water partition coefficient (Wildman–Crippen LogP) is 2.61. The molecule has 1 aromatic carbocycles. The molecule has 3 N–H and O–H groups in total. The summed E-state index contributed by atoms with van der Waals surface area (Å²) in [5, 5.41) is 17.1. The molecule has 0 bridgehead atoms. The van der Waals surface area contributed by atoms with E-state index in [9.17, 15) is 14.0 Å². The molecule has 1 aliphatic rings. The molecule has 33 heavy (non-hydrogen) atoms. The summed E-state index contributed by atoms with van der Waals surface area (Å²) in [6.07, 6.45) is 2.99. The number of imidazole rings is 1. The largest absolute Gasteiger partial charge is 0.384 e. The first kappa shape index (κ1) is 26.1. The van der Waals surface area contributed by atoms with Crippen LogP contribution in [0.3, 0.4) is 0 Å². The third kappa shape index (κ3) is 7.73. The molecule has 2 aromatic rings. The number of aromatic nitrogens is 2. The maximum absolute atomic E-state index is 12.9. The highest BCUT2D eigenvalue weighted by molar-refractivity contribution is 6.10. The van der Waals surface area contributed by atoms with Crippen molar-refractivity contribution in [1.29, 1.82) is 5.41 Å². The Morgan fingerprint density at radius 2 is 1.79 bits per heavy atom. The van der Waals surface area contributed by atoms with Crippen molar-refractivity contribution in [2.24, 2.45) is 5.92 Å². The average molecular weight is 458 g/mol. The lowest BCUT2D eigenvalue weighted by Gasteiger charge is -2.33. The molecule has 1 saturated heterocycles. The van der Waals surface area contributed by atoms with Gasteiger partial charge in [-0.3, -0.25) is 9.59 Å². The number of hydrogen-bond acceptors (Lipinski definition) is 6. The predicted molar refractivity (Wildman–Crippen MR) is 126 cm³/mol. The smallest absolute Gasteiger partial charge is 0.251 e. The first-order valence-electron chi connectivity index (χ1n) is 10.8. The molecule has 1 atom stereocenters. The lowest BCUT2D eigenvalue weighted by Crippen LogP contribution is -2.49. The molecule has 2 heterocycles. The Balaban J connectivity index is 0.000000273. The number of rotatable bonds is 6. The summed E-state index contributed by atoms with van der Waals surface area (Å²) in [4.78, 5) is 32.9. The number of nitrogens with zero attached hydrogens (tertiary/aromatic N) is 3. The highest BCUT2D eigenvalue weighted by Crippen LogP contribution is 2.21. The molecule has 0 spiro atoms. The van der Waals surface area contributed by atoms with E-state index in [1.807, 2.05) is 20.9 Å². The number of hydrogen-bond donors (Lipinski definition) is 3. The van der Waals surface area contributed by atoms with E-state index in [0.717, 1.165) is 31.8 Å². The summed E-state index contributed by atoms with van der Waals surface area (Å²) < 4.78 is 12.9. The number of nitrogens with one attached hydrogen (secondary N) is 2. The van der Waals surface area contributed by atoms with Gasteiger partial charge in [-0.05, 0) is 61.4 Å². The number of aromatic amines is 1. The van der Waals surface area contributed by atoms with Crippen molar-refractivity contribution in [2.75, 3.05) is 33.2 Å². The normalized spacial score (nSPS) is 15.6. The number of carbonyl (C=O) groups is 2. The number of carbonyl (C=O) groups excluding carboxylic acids is 2. The molecule has 178 valence electrons. The van der Waals surface area contributed by atoms with Crippen LogP contribution in [0, 0.1) is 17.1 Å². The van der Waals surface area contributed by atoms with Gasteiger partial charge in [0.2, 0.25) is 0 Å². The van der Waals surface area contributed by atoms with Crippen LogP contribution in [0.2, 0.25) is 0 Å². The fourth-order valence-electron chi connectivity index (χ4n) is 3.21. The van der Waals surface area contributed by atoms with Crippen LogP contribution in [0.15, 0.2) is 36.5 Å². The van der Waals surface area contributed by atoms with E-state index in [0.29, 0.717) is 23.4 Å². The molecule has 8 nitrogen and oxygen atoms in total. The number of likely N-dealkylation sites (N-methyl/N-ethyl adjacent to an activating group) is 1. The number of aliphatic hydroxyl groups is 1. The SMILES string of the molecule is CC(C)/C(=C/C(=N)c1ccc(F)cc1)c1ncc(C=O)[nH]1.CC(O)C(=O)N1CCN(C)CC1. The molecule has 0 radical (unpaired) electrons. The molecule has 9 heteroatoms. The third-order valence-electron chi connectivity index (χ3n) is 5.25. The zero-order valence-corrected chi connectivity index (χ0v) is 19.5. The molecule has 1 fully saturated rings. The van der Waals surface area contributed by atoms with Crippen molar-refractivity contribution in [3.05, 3.63) is 59.4 Å². The molecular weight excluding hydrogens is 425 g/mol. The van der Waals surface area contributed by atoms with Gasteiger partial charge in [-0.1, -0.05) is 13.8 Å². The van der Waals surface area contributed by atoms with E-state index < -0.39 is 6.10 Å². The number of H-pyrrole nitrogens is 1. The van der Waals surface area contributed by atoms with E-state index in [1.54, 1.807) is 23.1 Å². The topological polar surface area (TPSA) is 113 Å². The van der Waals surface area contributed by atoms with Crippen molar-refractivity contribution in [3.8, 4) is 0 Å². The van der Waals surface area contributed by atoms with Crippen molar-refractivity contribution in [2.45, 2.75) is 26.9 Å². The number of piperazine rings is 1. The minimum Gasteiger partial charge on any atom is -0.384 e. The molecule has 1 aliphatic heterocycles. The molecule has 1 aromatic heterocycles. The van der Waals surface area contributed by atoms with Crippen LogP contribution in [0.4, 0.5) is 4.39 Å². The van der Waals surface area contributed by atoms with E-state index in [4.69, 9.17) is 10.5 Å². The number of aliphatic hydroxyl groups excluding tert-OH is 1. The lowest BCUT2D eigenvalue weighted by atomic mass is 9.98. The maximum Gasteiger partial charge on any atom is 0.251 e. The van der Waals surface area contributed by atoms with Crippen LogP contribution in [-0.4, -0.2) is 82.1 Å². The summed E-state index contributed by atoms with van der Waals surface area (Å²) >= 11 is 0. The van der Waals surface area contributed by atoms with Gasteiger partial charge in [0, 0.05) is 26.2 Å². The van der Waals surface area contributed by atoms with Gasteiger partial charge in [-0.25, -0.2) is 9.37 Å². The van der Waals surface area contributed by atoms with Gasteiger partial charge in [0.1, 0.15) is 17.7 Å². The van der Waals surface area contributed by atoms with Gasteiger partial charge in [0.25, 0.3) is 5.91 Å². The number of amides is 1.